The fraction of sp³-hybridized carbons (Fsp3) is 0.310. The minimum atomic E-state index is -4.15. The molecule has 2 amide bonds. The van der Waals surface area contributed by atoms with Crippen molar-refractivity contribution in [1.82, 2.24) is 10.2 Å². The Kier molecular flexibility index (Phi) is 10.6. The molecule has 1 N–H and O–H groups in total. The van der Waals surface area contributed by atoms with Crippen LogP contribution in [0.5, 0.6) is 0 Å². The van der Waals surface area contributed by atoms with Crippen LogP contribution in [0.15, 0.2) is 82.2 Å². The zero-order chi connectivity index (χ0) is 28.7. The van der Waals surface area contributed by atoms with E-state index in [0.717, 1.165) is 14.3 Å². The smallest absolute Gasteiger partial charge is 0.264 e. The summed E-state index contributed by atoms with van der Waals surface area (Å²) in [5.74, 6) is -0.608. The summed E-state index contributed by atoms with van der Waals surface area (Å²) in [6.45, 7) is 7.43. The number of aryl methyl sites for hydroxylation is 1. The second kappa shape index (κ2) is 13.5. The summed E-state index contributed by atoms with van der Waals surface area (Å²) in [6.07, 6.45) is 0. The highest BCUT2D eigenvalue weighted by atomic mass is 79.9. The molecule has 3 aromatic carbocycles. The summed E-state index contributed by atoms with van der Waals surface area (Å²) in [4.78, 5) is 28.5. The van der Waals surface area contributed by atoms with E-state index in [1.54, 1.807) is 44.2 Å². The molecule has 10 heteroatoms. The fourth-order valence-corrected chi connectivity index (χ4v) is 5.83. The maximum Gasteiger partial charge on any atom is 0.264 e. The van der Waals surface area contributed by atoms with E-state index in [4.69, 9.17) is 11.6 Å². The van der Waals surface area contributed by atoms with Crippen LogP contribution in [-0.2, 0) is 26.2 Å². The largest absolute Gasteiger partial charge is 0.354 e. The monoisotopic (exact) mass is 633 g/mol. The van der Waals surface area contributed by atoms with E-state index in [-0.39, 0.29) is 23.3 Å². The Bertz CT molecular complexity index is 1400. The van der Waals surface area contributed by atoms with E-state index in [0.29, 0.717) is 22.8 Å². The number of sulfonamides is 1. The van der Waals surface area contributed by atoms with Crippen molar-refractivity contribution >= 4 is 55.1 Å². The number of carbonyl (C=O) groups excluding carboxylic acids is 2. The Morgan fingerprint density at radius 3 is 2.23 bits per heavy atom. The number of hydrogen-bond acceptors (Lipinski definition) is 4. The summed E-state index contributed by atoms with van der Waals surface area (Å²) >= 11 is 9.67. The predicted molar refractivity (Wildman–Crippen MR) is 159 cm³/mol. The van der Waals surface area contributed by atoms with Crippen molar-refractivity contribution < 1.29 is 18.0 Å². The van der Waals surface area contributed by atoms with Crippen LogP contribution in [0.25, 0.3) is 0 Å². The van der Waals surface area contributed by atoms with Crippen LogP contribution in [0.3, 0.4) is 0 Å². The lowest BCUT2D eigenvalue weighted by molar-refractivity contribution is -0.139. The third kappa shape index (κ3) is 8.06. The molecule has 7 nitrogen and oxygen atoms in total. The van der Waals surface area contributed by atoms with Crippen molar-refractivity contribution in [2.75, 3.05) is 17.4 Å². The standard InChI is InChI=1S/C29H33BrClN3O4S/c1-20(2)17-32-29(36)22(4)33(18-23-11-13-24(30)14-12-23)28(35)19-34(27-16-25(31)15-10-21(27)3)39(37,38)26-8-6-5-7-9-26/h5-16,20,22H,17-19H2,1-4H3,(H,32,36)/t22-/m1/s1. The Balaban J connectivity index is 2.03. The summed E-state index contributed by atoms with van der Waals surface area (Å²) < 4.78 is 29.7. The molecule has 0 unspecified atom stereocenters. The van der Waals surface area contributed by atoms with Gasteiger partial charge in [0.05, 0.1) is 10.6 Å². The highest BCUT2D eigenvalue weighted by Crippen LogP contribution is 2.30. The van der Waals surface area contributed by atoms with Crippen molar-refractivity contribution in [2.45, 2.75) is 45.2 Å². The molecule has 0 heterocycles. The maximum atomic E-state index is 14.0. The van der Waals surface area contributed by atoms with Gasteiger partial charge < -0.3 is 10.2 Å². The molecule has 0 bridgehead atoms. The lowest BCUT2D eigenvalue weighted by Crippen LogP contribution is -2.51. The van der Waals surface area contributed by atoms with Crippen LogP contribution in [0.2, 0.25) is 5.02 Å². The molecular formula is C29H33BrClN3O4S. The molecule has 0 aliphatic heterocycles. The second-order valence-corrected chi connectivity index (χ2v) is 12.9. The summed E-state index contributed by atoms with van der Waals surface area (Å²) in [7, 11) is -4.15. The number of amides is 2. The molecule has 0 aromatic heterocycles. The Morgan fingerprint density at radius 1 is 0.974 bits per heavy atom. The lowest BCUT2D eigenvalue weighted by Gasteiger charge is -2.32. The van der Waals surface area contributed by atoms with Crippen molar-refractivity contribution in [1.29, 1.82) is 0 Å². The quantitative estimate of drug-likeness (QED) is 0.289. The normalized spacial score (nSPS) is 12.2. The number of anilines is 1. The number of benzene rings is 3. The average molecular weight is 635 g/mol. The molecule has 0 fully saturated rings. The predicted octanol–water partition coefficient (Wildman–Crippen LogP) is 5.80. The highest BCUT2D eigenvalue weighted by Gasteiger charge is 2.33. The topological polar surface area (TPSA) is 86.8 Å². The zero-order valence-corrected chi connectivity index (χ0v) is 25.6. The second-order valence-electron chi connectivity index (χ2n) is 9.72. The molecule has 1 atom stereocenters. The molecular weight excluding hydrogens is 602 g/mol. The van der Waals surface area contributed by atoms with E-state index in [1.165, 1.54) is 23.1 Å². The van der Waals surface area contributed by atoms with Gasteiger partial charge in [-0.05, 0) is 67.3 Å². The first-order valence-corrected chi connectivity index (χ1v) is 15.2. The molecule has 0 spiro atoms. The van der Waals surface area contributed by atoms with Gasteiger partial charge >= 0.3 is 0 Å². The van der Waals surface area contributed by atoms with E-state index >= 15 is 0 Å². The first-order valence-electron chi connectivity index (χ1n) is 12.6. The third-order valence-electron chi connectivity index (χ3n) is 6.17. The number of nitrogens with zero attached hydrogens (tertiary/aromatic N) is 2. The minimum absolute atomic E-state index is 0.0411. The summed E-state index contributed by atoms with van der Waals surface area (Å²) in [5.41, 5.74) is 1.72. The van der Waals surface area contributed by atoms with Crippen LogP contribution in [0.4, 0.5) is 5.69 Å². The van der Waals surface area contributed by atoms with Gasteiger partial charge in [0.1, 0.15) is 12.6 Å². The van der Waals surface area contributed by atoms with Gasteiger partial charge in [-0.25, -0.2) is 8.42 Å². The first kappa shape index (κ1) is 30.7. The summed E-state index contributed by atoms with van der Waals surface area (Å²) in [5, 5.41) is 3.22. The lowest BCUT2D eigenvalue weighted by atomic mass is 10.1. The van der Waals surface area contributed by atoms with Crippen LogP contribution >= 0.6 is 27.5 Å². The van der Waals surface area contributed by atoms with Crippen molar-refractivity contribution in [3.05, 3.63) is 93.4 Å². The van der Waals surface area contributed by atoms with Gasteiger partial charge in [-0.2, -0.15) is 0 Å². The zero-order valence-electron chi connectivity index (χ0n) is 22.4. The van der Waals surface area contributed by atoms with E-state index in [9.17, 15) is 18.0 Å². The maximum absolute atomic E-state index is 14.0. The average Bonchev–Trinajstić information content (AvgIpc) is 2.91. The molecule has 0 radical (unpaired) electrons. The van der Waals surface area contributed by atoms with Crippen LogP contribution < -0.4 is 9.62 Å². The van der Waals surface area contributed by atoms with E-state index in [2.05, 4.69) is 21.2 Å². The highest BCUT2D eigenvalue weighted by molar-refractivity contribution is 9.10. The SMILES string of the molecule is Cc1ccc(Cl)cc1N(CC(=O)N(Cc1ccc(Br)cc1)[C@H](C)C(=O)NCC(C)C)S(=O)(=O)c1ccccc1. The van der Waals surface area contributed by atoms with E-state index in [1.807, 2.05) is 38.1 Å². The van der Waals surface area contributed by atoms with E-state index < -0.39 is 28.5 Å². The Hall–Kier alpha value is -2.88. The van der Waals surface area contributed by atoms with Crippen LogP contribution in [-0.4, -0.2) is 44.3 Å². The van der Waals surface area contributed by atoms with Gasteiger partial charge in [0.15, 0.2) is 0 Å². The van der Waals surface area contributed by atoms with Gasteiger partial charge in [0.25, 0.3) is 10.0 Å². The summed E-state index contributed by atoms with van der Waals surface area (Å²) in [6, 6.07) is 19.4. The van der Waals surface area contributed by atoms with Crippen molar-refractivity contribution in [3.8, 4) is 0 Å². The van der Waals surface area contributed by atoms with Crippen molar-refractivity contribution in [3.63, 3.8) is 0 Å². The van der Waals surface area contributed by atoms with Gasteiger partial charge in [-0.1, -0.05) is 77.8 Å². The molecule has 208 valence electrons. The first-order chi connectivity index (χ1) is 18.4. The Labute approximate surface area is 244 Å². The number of hydrogen-bond donors (Lipinski definition) is 1. The van der Waals surface area contributed by atoms with Crippen molar-refractivity contribution in [2.24, 2.45) is 5.92 Å². The number of rotatable bonds is 11. The van der Waals surface area contributed by atoms with Gasteiger partial charge in [0, 0.05) is 22.6 Å². The molecule has 39 heavy (non-hydrogen) atoms. The van der Waals surface area contributed by atoms with Gasteiger partial charge in [-0.3, -0.25) is 13.9 Å². The number of nitrogens with one attached hydrogen (secondary N) is 1. The van der Waals surface area contributed by atoms with Gasteiger partial charge in [0.2, 0.25) is 11.8 Å². The van der Waals surface area contributed by atoms with Crippen LogP contribution in [0, 0.1) is 12.8 Å². The fourth-order valence-electron chi connectivity index (χ4n) is 3.91. The molecule has 3 rings (SSSR count). The minimum Gasteiger partial charge on any atom is -0.354 e. The number of carbonyl (C=O) groups is 2. The Morgan fingerprint density at radius 2 is 1.62 bits per heavy atom. The molecule has 0 aliphatic carbocycles. The molecule has 0 aliphatic rings. The number of halogens is 2. The van der Waals surface area contributed by atoms with Gasteiger partial charge in [-0.15, -0.1) is 0 Å². The third-order valence-corrected chi connectivity index (χ3v) is 8.71. The molecule has 0 saturated heterocycles. The molecule has 0 saturated carbocycles. The molecule has 3 aromatic rings. The van der Waals surface area contributed by atoms with Crippen LogP contribution in [0.1, 0.15) is 31.9 Å².